The zero-order valence-electron chi connectivity index (χ0n) is 68.3. The lowest BCUT2D eigenvalue weighted by Crippen LogP contribution is -2.64. The van der Waals surface area contributed by atoms with Crippen molar-refractivity contribution < 1.29 is 200 Å². The number of nitrogens with two attached hydrogens (primary N) is 1. The summed E-state index contributed by atoms with van der Waals surface area (Å²) in [6.45, 7) is -3.75. The van der Waals surface area contributed by atoms with E-state index in [9.17, 15) is 108 Å². The van der Waals surface area contributed by atoms with Crippen molar-refractivity contribution >= 4 is 73.8 Å². The van der Waals surface area contributed by atoms with Crippen LogP contribution in [0.5, 0.6) is 0 Å². The number of aliphatic hydroxyl groups excluding tert-OH is 9. The molecule has 4 fully saturated rings. The Morgan fingerprint density at radius 2 is 0.787 bits per heavy atom. The van der Waals surface area contributed by atoms with Crippen molar-refractivity contribution in [2.45, 2.75) is 234 Å². The molecule has 122 heavy (non-hydrogen) atoms. The molecule has 6 heterocycles. The first kappa shape index (κ1) is 107. The maximum Gasteiger partial charge on any atom is 0.472 e. The predicted molar refractivity (Wildman–Crippen MR) is 415 cm³/mol. The summed E-state index contributed by atoms with van der Waals surface area (Å²) in [5, 5.41) is 98.7. The number of unbranched alkanes of at least 4 members (excludes halogenated alkanes) is 9. The molecule has 4 aliphatic heterocycles. The Morgan fingerprint density at radius 1 is 0.443 bits per heavy atom. The molecule has 0 saturated carbocycles. The fourth-order valence-corrected chi connectivity index (χ4v) is 16.6. The van der Waals surface area contributed by atoms with E-state index in [-0.39, 0.29) is 102 Å². The van der Waals surface area contributed by atoms with Gasteiger partial charge in [0.05, 0.1) is 104 Å². The van der Waals surface area contributed by atoms with Crippen molar-refractivity contribution in [3.8, 4) is 0 Å². The highest BCUT2D eigenvalue weighted by Gasteiger charge is 2.50. The highest BCUT2D eigenvalue weighted by Crippen LogP contribution is 2.51. The number of anilines is 1. The minimum Gasteiger partial charge on any atom is -0.394 e. The number of nitrogens with zero attached hydrogens (tertiary/aromatic N) is 4. The van der Waals surface area contributed by atoms with Gasteiger partial charge in [-0.1, -0.05) is 38.5 Å². The summed E-state index contributed by atoms with van der Waals surface area (Å²) in [6.07, 6.45) is -12.7. The van der Waals surface area contributed by atoms with E-state index in [4.69, 9.17) is 93.8 Å². The Kier molecular flexibility index (Phi) is 47.7. The minimum atomic E-state index is -5.30. The van der Waals surface area contributed by atoms with E-state index in [0.29, 0.717) is 77.0 Å². The summed E-state index contributed by atoms with van der Waals surface area (Å²) >= 11 is 0. The molecule has 6 rings (SSSR count). The number of nitrogens with one attached hydrogen (secondary N) is 3. The lowest BCUT2D eigenvalue weighted by atomic mass is 9.92. The molecule has 19 N–H and O–H groups in total. The van der Waals surface area contributed by atoms with E-state index < -0.39 is 245 Å². The standard InChI is InChI=1S/C67H123N8O42P5/c1-43(79)72-52-59(85)56(82)47(33-76)114-64(52)102-23-11-5-8-14-26-105-119(90,91)108-29-17-20-99-37-67(40-112-122(96,97)111-36-50-46(117-118(88,89)98-4)32-51(113-50)75-42-71-55-62(68)69-41-70-63(55)75,38-100-21-18-30-109-120(92,93)106-27-15-9-6-12-24-103-65-53(73-44(2)80)60(86)57(83)48(34-77)115-65)39-101-22-19-31-110-121(94,95)107-28-16-10-7-13-25-104-66-54(74-45(3)81)61(87)58(84)49(35-78)116-66/h41-42,46-54,56-61,64-66,76-78,82-87H,5-40H2,1-4H3,(H,72,79)(H,73,80)(H,74,81)(H,88,89)(H,90,91)(H,92,93)(H,94,95)(H,96,97)(H2,68,69,70)/t46-,47?,48?,49?,50+,51+,52-,53-,54-,56-,57-,58-,59?,60?,61?,64+,65+,66+,67?/m0/s1. The highest BCUT2D eigenvalue weighted by atomic mass is 31.2. The van der Waals surface area contributed by atoms with Gasteiger partial charge < -0.3 is 139 Å². The molecule has 4 aliphatic rings. The van der Waals surface area contributed by atoms with E-state index in [1.807, 2.05) is 0 Å². The summed E-state index contributed by atoms with van der Waals surface area (Å²) < 4.78 is 178. The SMILES string of the molecule is COP(=O)(O)O[C@H]1C[C@H](n2cnc3c(N)ncnc32)O[C@@H]1COP(=O)(O)OCC(COCCCOP(=O)(O)OCCCCCCO[C@@H]1OC(CO)[C@H](O)C(O)[C@@H]1NC(C)=O)(COCCCOP(=O)(O)OCCCCCCO[C@@H]1OC(CO)[C@H](O)C(O)[C@@H]1NC(C)=O)COCCCOP(=O)(O)OCCCCCCO[C@@H]1OC(CO)[C@H](O)C(O)[C@@H]1NC(C)=O. The number of carbonyl (C=O) groups is 3. The number of amides is 3. The molecule has 0 bridgehead atoms. The number of carbonyl (C=O) groups excluding carboxylic acids is 3. The lowest BCUT2D eigenvalue weighted by Gasteiger charge is -2.42. The van der Waals surface area contributed by atoms with Gasteiger partial charge in [0, 0.05) is 73.9 Å². The van der Waals surface area contributed by atoms with E-state index >= 15 is 0 Å². The molecule has 4 saturated heterocycles. The number of rotatable bonds is 64. The Bertz CT molecular complexity index is 3400. The van der Waals surface area contributed by atoms with Gasteiger partial charge in [-0.05, 0) is 57.8 Å². The average Bonchev–Trinajstić information content (AvgIpc) is 1.68. The number of aliphatic hydroxyl groups is 9. The van der Waals surface area contributed by atoms with Gasteiger partial charge >= 0.3 is 39.1 Å². The molecule has 55 heteroatoms. The van der Waals surface area contributed by atoms with Crippen LogP contribution in [0.3, 0.4) is 0 Å². The van der Waals surface area contributed by atoms with Gasteiger partial charge in [0.1, 0.15) is 103 Å². The van der Waals surface area contributed by atoms with Gasteiger partial charge in [-0.15, -0.1) is 0 Å². The molecule has 3 amide bonds. The number of nitrogen functional groups attached to an aromatic ring is 1. The molecule has 2 aromatic heterocycles. The fourth-order valence-electron chi connectivity index (χ4n) is 12.8. The van der Waals surface area contributed by atoms with Crippen LogP contribution in [0.4, 0.5) is 5.82 Å². The van der Waals surface area contributed by atoms with Crippen LogP contribution in [0.25, 0.3) is 11.2 Å². The van der Waals surface area contributed by atoms with Crippen molar-refractivity contribution in [1.29, 1.82) is 0 Å². The van der Waals surface area contributed by atoms with Crippen LogP contribution >= 0.6 is 39.1 Å². The van der Waals surface area contributed by atoms with Gasteiger partial charge in [-0.25, -0.2) is 37.8 Å². The van der Waals surface area contributed by atoms with Gasteiger partial charge in [0.2, 0.25) is 17.7 Å². The first-order valence-corrected chi connectivity index (χ1v) is 47.3. The second kappa shape index (κ2) is 54.3. The van der Waals surface area contributed by atoms with Crippen LogP contribution in [0, 0.1) is 5.41 Å². The summed E-state index contributed by atoms with van der Waals surface area (Å²) in [5.74, 6) is -1.54. The molecule has 0 radical (unpaired) electrons. The second-order valence-electron chi connectivity index (χ2n) is 29.1. The summed E-state index contributed by atoms with van der Waals surface area (Å²) in [4.78, 5) is 101. The van der Waals surface area contributed by atoms with Crippen molar-refractivity contribution in [3.05, 3.63) is 12.7 Å². The zero-order valence-corrected chi connectivity index (χ0v) is 72.8. The maximum atomic E-state index is 14.1. The van der Waals surface area contributed by atoms with E-state index in [0.717, 1.165) is 13.4 Å². The van der Waals surface area contributed by atoms with Crippen molar-refractivity contribution in [3.63, 3.8) is 0 Å². The normalized spacial score (nSPS) is 28.8. The fraction of sp³-hybridized carbons (Fsp3) is 0.881. The summed E-state index contributed by atoms with van der Waals surface area (Å²) in [5.41, 5.74) is 4.71. The topological polar surface area (TPSA) is 710 Å². The van der Waals surface area contributed by atoms with Gasteiger partial charge in [-0.3, -0.25) is 64.2 Å². The monoisotopic (exact) mass is 1870 g/mol. The predicted octanol–water partition coefficient (Wildman–Crippen LogP) is -0.869. The molecule has 11 unspecified atom stereocenters. The molecule has 0 spiro atoms. The van der Waals surface area contributed by atoms with Crippen LogP contribution in [0.1, 0.15) is 130 Å². The Labute approximate surface area is 703 Å². The van der Waals surface area contributed by atoms with E-state index in [2.05, 4.69) is 35.4 Å². The third kappa shape index (κ3) is 37.6. The molecule has 708 valence electrons. The number of phosphoric acid groups is 5. The van der Waals surface area contributed by atoms with Crippen molar-refractivity contribution in [1.82, 2.24) is 35.5 Å². The van der Waals surface area contributed by atoms with E-state index in [1.165, 1.54) is 31.7 Å². The third-order valence-electron chi connectivity index (χ3n) is 19.1. The number of ether oxygens (including phenoxy) is 10. The van der Waals surface area contributed by atoms with E-state index in [1.54, 1.807) is 0 Å². The second-order valence-corrected chi connectivity index (χ2v) is 36.4. The van der Waals surface area contributed by atoms with Crippen LogP contribution in [-0.4, -0.2) is 351 Å². The molecule has 2 aromatic rings. The van der Waals surface area contributed by atoms with Gasteiger partial charge in [-0.2, -0.15) is 0 Å². The largest absolute Gasteiger partial charge is 0.472 e. The highest BCUT2D eigenvalue weighted by molar-refractivity contribution is 7.48. The molecular weight excluding hydrogens is 1740 g/mol. The van der Waals surface area contributed by atoms with Crippen LogP contribution < -0.4 is 21.7 Å². The lowest BCUT2D eigenvalue weighted by molar-refractivity contribution is -0.270. The van der Waals surface area contributed by atoms with Crippen LogP contribution in [-0.2, 0) is 130 Å². The first-order chi connectivity index (χ1) is 57.9. The third-order valence-corrected chi connectivity index (χ3v) is 24.1. The quantitative estimate of drug-likeness (QED) is 0.0283. The minimum absolute atomic E-state index is 0.0212. The number of phosphoric ester groups is 5. The average molecular weight is 1870 g/mol. The van der Waals surface area contributed by atoms with Gasteiger partial charge in [0.15, 0.2) is 30.3 Å². The molecule has 0 aliphatic carbocycles. The Balaban J connectivity index is 1.06. The first-order valence-electron chi connectivity index (χ1n) is 39.8. The smallest absolute Gasteiger partial charge is 0.394 e. The number of fused-ring (bicyclic) bond motifs is 1. The van der Waals surface area contributed by atoms with Crippen LogP contribution in [0.15, 0.2) is 12.7 Å². The number of aromatic nitrogens is 4. The molecular formula is C67H123N8O42P5. The van der Waals surface area contributed by atoms with Crippen molar-refractivity contribution in [2.75, 3.05) is 145 Å². The number of hydrogen-bond donors (Lipinski definition) is 18. The summed E-state index contributed by atoms with van der Waals surface area (Å²) in [7, 11) is -23.1. The maximum absolute atomic E-state index is 14.1. The summed E-state index contributed by atoms with van der Waals surface area (Å²) in [6, 6.07) is -3.38. The Hall–Kier alpha value is -3.45. The van der Waals surface area contributed by atoms with Crippen LogP contribution in [0.2, 0.25) is 0 Å². The molecule has 50 nitrogen and oxygen atoms in total. The van der Waals surface area contributed by atoms with Crippen molar-refractivity contribution in [2.24, 2.45) is 5.41 Å². The Morgan fingerprint density at radius 3 is 1.13 bits per heavy atom. The number of imidazole rings is 1. The molecule has 23 atom stereocenters. The molecule has 0 aromatic carbocycles. The zero-order chi connectivity index (χ0) is 89.7. The van der Waals surface area contributed by atoms with Gasteiger partial charge in [0.25, 0.3) is 0 Å². The number of hydrogen-bond acceptors (Lipinski definition) is 41.